The Hall–Kier alpha value is -1.13. The van der Waals surface area contributed by atoms with Gasteiger partial charge in [0.15, 0.2) is 0 Å². The van der Waals surface area contributed by atoms with Crippen molar-refractivity contribution in [3.8, 4) is 0 Å². The van der Waals surface area contributed by atoms with Crippen LogP contribution in [0.3, 0.4) is 0 Å². The number of nitrogens with one attached hydrogen (secondary N) is 1. The zero-order valence-corrected chi connectivity index (χ0v) is 10.0. The Morgan fingerprint density at radius 1 is 1.47 bits per heavy atom. The molecule has 1 N–H and O–H groups in total. The van der Waals surface area contributed by atoms with E-state index in [9.17, 15) is 4.79 Å². The molecule has 0 spiro atoms. The predicted molar refractivity (Wildman–Crippen MR) is 62.9 cm³/mol. The van der Waals surface area contributed by atoms with Crippen LogP contribution in [0.2, 0.25) is 5.15 Å². The van der Waals surface area contributed by atoms with Gasteiger partial charge in [-0.3, -0.25) is 4.79 Å². The molecule has 0 aromatic carbocycles. The van der Waals surface area contributed by atoms with E-state index in [2.05, 4.69) is 10.3 Å². The number of carbonyl (C=O) groups excluding carboxylic acids is 1. The second-order valence-corrected chi connectivity index (χ2v) is 5.05. The van der Waals surface area contributed by atoms with Crippen molar-refractivity contribution in [3.05, 3.63) is 29.0 Å². The topological polar surface area (TPSA) is 51.2 Å². The Morgan fingerprint density at radius 2 is 2.24 bits per heavy atom. The average Bonchev–Trinajstić information content (AvgIpc) is 3.05. The number of halogens is 1. The largest absolute Gasteiger partial charge is 0.377 e. The summed E-state index contributed by atoms with van der Waals surface area (Å²) in [6.45, 7) is 1.25. The maximum absolute atomic E-state index is 12.2. The van der Waals surface area contributed by atoms with Crippen LogP contribution in [-0.4, -0.2) is 30.1 Å². The summed E-state index contributed by atoms with van der Waals surface area (Å²) in [6.07, 6.45) is 3.47. The van der Waals surface area contributed by atoms with E-state index in [1.807, 2.05) is 6.07 Å². The monoisotopic (exact) mass is 252 g/mol. The highest BCUT2D eigenvalue weighted by Gasteiger charge is 2.52. The quantitative estimate of drug-likeness (QED) is 0.825. The molecule has 0 atom stereocenters. The maximum Gasteiger partial charge on any atom is 0.231 e. The molecule has 1 aliphatic heterocycles. The first kappa shape index (κ1) is 11.0. The normalized spacial score (nSPS) is 21.7. The smallest absolute Gasteiger partial charge is 0.231 e. The highest BCUT2D eigenvalue weighted by atomic mass is 35.5. The molecular weight excluding hydrogens is 240 g/mol. The Balaban J connectivity index is 1.76. The number of pyridine rings is 1. The average molecular weight is 253 g/mol. The van der Waals surface area contributed by atoms with Crippen LogP contribution in [0.25, 0.3) is 0 Å². The summed E-state index contributed by atoms with van der Waals surface area (Å²) in [7, 11) is 0. The SMILES string of the molecule is O=C(NC1COC1)C1(c2ccc(Cl)nc2)CC1. The Morgan fingerprint density at radius 3 is 2.71 bits per heavy atom. The number of hydrogen-bond donors (Lipinski definition) is 1. The van der Waals surface area contributed by atoms with E-state index in [1.54, 1.807) is 12.3 Å². The minimum Gasteiger partial charge on any atom is -0.377 e. The van der Waals surface area contributed by atoms with E-state index in [1.165, 1.54) is 0 Å². The molecule has 17 heavy (non-hydrogen) atoms. The van der Waals surface area contributed by atoms with Gasteiger partial charge >= 0.3 is 0 Å². The van der Waals surface area contributed by atoms with Gasteiger partial charge < -0.3 is 10.1 Å². The Kier molecular flexibility index (Phi) is 2.56. The number of rotatable bonds is 3. The summed E-state index contributed by atoms with van der Waals surface area (Å²) in [4.78, 5) is 16.2. The van der Waals surface area contributed by atoms with Crippen molar-refractivity contribution in [1.82, 2.24) is 10.3 Å². The lowest BCUT2D eigenvalue weighted by atomic mass is 9.96. The van der Waals surface area contributed by atoms with Gasteiger partial charge in [0.2, 0.25) is 5.91 Å². The van der Waals surface area contributed by atoms with Crippen molar-refractivity contribution >= 4 is 17.5 Å². The third-order valence-electron chi connectivity index (χ3n) is 3.44. The molecule has 4 nitrogen and oxygen atoms in total. The van der Waals surface area contributed by atoms with Crippen LogP contribution < -0.4 is 5.32 Å². The molecule has 1 aromatic heterocycles. The molecule has 3 rings (SSSR count). The van der Waals surface area contributed by atoms with Crippen LogP contribution in [-0.2, 0) is 14.9 Å². The second-order valence-electron chi connectivity index (χ2n) is 4.66. The lowest BCUT2D eigenvalue weighted by molar-refractivity contribution is -0.127. The number of aromatic nitrogens is 1. The zero-order chi connectivity index (χ0) is 11.9. The van der Waals surface area contributed by atoms with Gasteiger partial charge in [-0.2, -0.15) is 0 Å². The van der Waals surface area contributed by atoms with Gasteiger partial charge in [-0.25, -0.2) is 4.98 Å². The van der Waals surface area contributed by atoms with Crippen LogP contribution in [0, 0.1) is 0 Å². The van der Waals surface area contributed by atoms with Crippen molar-refractivity contribution in [1.29, 1.82) is 0 Å². The van der Waals surface area contributed by atoms with Gasteiger partial charge in [-0.05, 0) is 24.5 Å². The Bertz CT molecular complexity index is 438. The molecule has 0 unspecified atom stereocenters. The summed E-state index contributed by atoms with van der Waals surface area (Å²) < 4.78 is 5.05. The molecule has 0 radical (unpaired) electrons. The van der Waals surface area contributed by atoms with E-state index in [-0.39, 0.29) is 17.4 Å². The summed E-state index contributed by atoms with van der Waals surface area (Å²) in [5.41, 5.74) is 0.590. The van der Waals surface area contributed by atoms with Crippen molar-refractivity contribution in [2.45, 2.75) is 24.3 Å². The summed E-state index contributed by atoms with van der Waals surface area (Å²) in [5, 5.41) is 3.46. The molecule has 2 aliphatic rings. The molecule has 1 amide bonds. The molecule has 2 fully saturated rings. The molecule has 2 heterocycles. The van der Waals surface area contributed by atoms with Crippen LogP contribution in [0.5, 0.6) is 0 Å². The van der Waals surface area contributed by atoms with Gasteiger partial charge in [0.25, 0.3) is 0 Å². The fourth-order valence-corrected chi connectivity index (χ4v) is 2.19. The number of nitrogens with zero attached hydrogens (tertiary/aromatic N) is 1. The maximum atomic E-state index is 12.2. The van der Waals surface area contributed by atoms with E-state index in [0.29, 0.717) is 18.4 Å². The molecular formula is C12H13ClN2O2. The first-order valence-electron chi connectivity index (χ1n) is 5.71. The van der Waals surface area contributed by atoms with Gasteiger partial charge in [0.1, 0.15) is 5.15 Å². The lowest BCUT2D eigenvalue weighted by Crippen LogP contribution is -2.51. The number of hydrogen-bond acceptors (Lipinski definition) is 3. The van der Waals surface area contributed by atoms with Crippen LogP contribution in [0.1, 0.15) is 18.4 Å². The molecule has 90 valence electrons. The number of carbonyl (C=O) groups is 1. The zero-order valence-electron chi connectivity index (χ0n) is 9.28. The summed E-state index contributed by atoms with van der Waals surface area (Å²) in [6, 6.07) is 3.80. The van der Waals surface area contributed by atoms with E-state index >= 15 is 0 Å². The van der Waals surface area contributed by atoms with Gasteiger partial charge in [-0.15, -0.1) is 0 Å². The lowest BCUT2D eigenvalue weighted by Gasteiger charge is -2.28. The fourth-order valence-electron chi connectivity index (χ4n) is 2.07. The van der Waals surface area contributed by atoms with Crippen molar-refractivity contribution in [3.63, 3.8) is 0 Å². The van der Waals surface area contributed by atoms with Gasteiger partial charge in [0.05, 0.1) is 24.7 Å². The predicted octanol–water partition coefficient (Wildman–Crippen LogP) is 1.28. The summed E-state index contributed by atoms with van der Waals surface area (Å²) >= 11 is 5.75. The molecule has 0 bridgehead atoms. The minimum absolute atomic E-state index is 0.0925. The van der Waals surface area contributed by atoms with E-state index < -0.39 is 0 Å². The van der Waals surface area contributed by atoms with E-state index in [4.69, 9.17) is 16.3 Å². The number of amides is 1. The molecule has 1 aromatic rings. The highest BCUT2D eigenvalue weighted by Crippen LogP contribution is 2.48. The summed E-state index contributed by atoms with van der Waals surface area (Å²) in [5.74, 6) is 0.0925. The Labute approximate surface area is 104 Å². The fraction of sp³-hybridized carbons (Fsp3) is 0.500. The highest BCUT2D eigenvalue weighted by molar-refractivity contribution is 6.29. The minimum atomic E-state index is -0.368. The standard InChI is InChI=1S/C12H13ClN2O2/c13-10-2-1-8(5-14-10)12(3-4-12)11(16)15-9-6-17-7-9/h1-2,5,9H,3-4,6-7H2,(H,15,16). The van der Waals surface area contributed by atoms with Crippen LogP contribution >= 0.6 is 11.6 Å². The molecule has 1 saturated carbocycles. The third kappa shape index (κ3) is 1.91. The van der Waals surface area contributed by atoms with Gasteiger partial charge in [-0.1, -0.05) is 17.7 Å². The van der Waals surface area contributed by atoms with Crippen LogP contribution in [0.15, 0.2) is 18.3 Å². The van der Waals surface area contributed by atoms with E-state index in [0.717, 1.165) is 18.4 Å². The van der Waals surface area contributed by atoms with Crippen molar-refractivity contribution in [2.24, 2.45) is 0 Å². The van der Waals surface area contributed by atoms with Crippen LogP contribution in [0.4, 0.5) is 0 Å². The molecule has 1 aliphatic carbocycles. The first-order chi connectivity index (χ1) is 8.21. The molecule has 5 heteroatoms. The second kappa shape index (κ2) is 3.96. The van der Waals surface area contributed by atoms with Crippen molar-refractivity contribution in [2.75, 3.05) is 13.2 Å². The molecule has 1 saturated heterocycles. The van der Waals surface area contributed by atoms with Crippen molar-refractivity contribution < 1.29 is 9.53 Å². The first-order valence-corrected chi connectivity index (χ1v) is 6.09. The third-order valence-corrected chi connectivity index (χ3v) is 3.66. The van der Waals surface area contributed by atoms with Gasteiger partial charge in [0, 0.05) is 6.20 Å². The number of ether oxygens (including phenoxy) is 1.